The lowest BCUT2D eigenvalue weighted by Crippen LogP contribution is -2.46. The van der Waals surface area contributed by atoms with Crippen LogP contribution >= 0.6 is 11.3 Å². The summed E-state index contributed by atoms with van der Waals surface area (Å²) in [6, 6.07) is 0. The number of nitrogens with zero attached hydrogens (tertiary/aromatic N) is 3. The smallest absolute Gasteiger partial charge is 0.475 e. The topological polar surface area (TPSA) is 73.7 Å². The molecule has 1 aliphatic carbocycles. The van der Waals surface area contributed by atoms with Crippen LogP contribution in [0, 0.1) is 5.92 Å². The lowest BCUT2D eigenvalue weighted by Gasteiger charge is -2.38. The van der Waals surface area contributed by atoms with Crippen LogP contribution in [0.5, 0.6) is 0 Å². The molecule has 1 unspecified atom stereocenters. The van der Waals surface area contributed by atoms with Gasteiger partial charge in [-0.1, -0.05) is 19.3 Å². The number of thiazole rings is 1. The van der Waals surface area contributed by atoms with Crippen molar-refractivity contribution in [2.24, 2.45) is 5.92 Å². The average molecular weight is 476 g/mol. The van der Waals surface area contributed by atoms with E-state index in [-0.39, 0.29) is 5.54 Å². The molecule has 4 rings (SSSR count). The monoisotopic (exact) mass is 475 g/mol. The van der Waals surface area contributed by atoms with Crippen molar-refractivity contribution in [3.8, 4) is 0 Å². The van der Waals surface area contributed by atoms with Crippen molar-refractivity contribution in [3.05, 3.63) is 16.6 Å². The Morgan fingerprint density at radius 1 is 1.16 bits per heavy atom. The number of hydrogen-bond donors (Lipinski definition) is 1. The molecule has 1 N–H and O–H groups in total. The maximum absolute atomic E-state index is 12.6. The predicted molar refractivity (Wildman–Crippen MR) is 115 cm³/mol. The van der Waals surface area contributed by atoms with Gasteiger partial charge in [-0.25, -0.2) is 4.79 Å². The molecule has 0 radical (unpaired) electrons. The molecule has 0 bridgehead atoms. The fourth-order valence-corrected chi connectivity index (χ4v) is 5.86. The van der Waals surface area contributed by atoms with E-state index >= 15 is 0 Å². The van der Waals surface area contributed by atoms with Crippen LogP contribution in [0.4, 0.5) is 13.2 Å². The Balaban J connectivity index is 0.000000360. The van der Waals surface area contributed by atoms with Gasteiger partial charge < -0.3 is 14.9 Å². The van der Waals surface area contributed by atoms with E-state index in [1.807, 2.05) is 11.7 Å². The van der Waals surface area contributed by atoms with Crippen molar-refractivity contribution in [1.82, 2.24) is 14.8 Å². The van der Waals surface area contributed by atoms with Gasteiger partial charge in [0.2, 0.25) is 5.91 Å². The zero-order chi connectivity index (χ0) is 23.2. The van der Waals surface area contributed by atoms with Gasteiger partial charge in [-0.05, 0) is 51.0 Å². The number of carbonyl (C=O) groups is 2. The second-order valence-corrected chi connectivity index (χ2v) is 10.1. The fraction of sp³-hybridized carbons (Fsp3) is 0.773. The van der Waals surface area contributed by atoms with Crippen molar-refractivity contribution >= 4 is 23.2 Å². The molecule has 2 saturated heterocycles. The SMILES string of the molecule is O=C(O)C(F)(F)F.O=C1CCC2(CCCN(CC3CCCCC3)CC2)N1Cc1cncs1. The Morgan fingerprint density at radius 2 is 1.88 bits per heavy atom. The highest BCUT2D eigenvalue weighted by atomic mass is 32.1. The maximum Gasteiger partial charge on any atom is 0.490 e. The minimum Gasteiger partial charge on any atom is -0.475 e. The van der Waals surface area contributed by atoms with E-state index in [1.54, 1.807) is 11.3 Å². The second-order valence-electron chi connectivity index (χ2n) is 9.13. The van der Waals surface area contributed by atoms with E-state index in [0.717, 1.165) is 31.7 Å². The number of carboxylic acids is 1. The quantitative estimate of drug-likeness (QED) is 0.683. The summed E-state index contributed by atoms with van der Waals surface area (Å²) in [6.45, 7) is 4.45. The largest absolute Gasteiger partial charge is 0.490 e. The number of hydrogen-bond acceptors (Lipinski definition) is 5. The summed E-state index contributed by atoms with van der Waals surface area (Å²) in [7, 11) is 0. The van der Waals surface area contributed by atoms with Gasteiger partial charge in [0.15, 0.2) is 0 Å². The molecule has 1 aromatic rings. The third-order valence-corrected chi connectivity index (χ3v) is 7.73. The van der Waals surface area contributed by atoms with E-state index < -0.39 is 12.1 Å². The number of carbonyl (C=O) groups excluding carboxylic acids is 1. The van der Waals surface area contributed by atoms with Crippen molar-refractivity contribution < 1.29 is 27.9 Å². The summed E-state index contributed by atoms with van der Waals surface area (Å²) in [6.07, 6.45) is 9.37. The lowest BCUT2D eigenvalue weighted by molar-refractivity contribution is -0.192. The third-order valence-electron chi connectivity index (χ3n) is 6.97. The van der Waals surface area contributed by atoms with Crippen LogP contribution in [0.15, 0.2) is 11.7 Å². The average Bonchev–Trinajstić information content (AvgIpc) is 3.31. The molecule has 3 aliphatic rings. The van der Waals surface area contributed by atoms with Gasteiger partial charge in [0.05, 0.1) is 12.1 Å². The molecule has 3 fully saturated rings. The molecular formula is C22H32F3N3O3S. The van der Waals surface area contributed by atoms with Gasteiger partial charge in [-0.15, -0.1) is 11.3 Å². The van der Waals surface area contributed by atoms with Crippen molar-refractivity contribution in [2.45, 2.75) is 82.5 Å². The number of aliphatic carboxylic acids is 1. The number of aromatic nitrogens is 1. The minimum atomic E-state index is -5.08. The molecule has 2 aliphatic heterocycles. The molecule has 0 aromatic carbocycles. The first-order valence-corrected chi connectivity index (χ1v) is 12.3. The Morgan fingerprint density at radius 3 is 2.50 bits per heavy atom. The van der Waals surface area contributed by atoms with Crippen LogP contribution in [0.1, 0.15) is 69.1 Å². The standard InChI is InChI=1S/C20H31N3OS.C2HF3O2/c24-19-7-9-20(23(19)15-18-13-21-16-25-18)8-4-11-22(12-10-20)14-17-5-2-1-3-6-17;3-2(4,5)1(6)7/h13,16-17H,1-12,14-15H2;(H,6,7). The number of alkyl halides is 3. The second kappa shape index (κ2) is 11.0. The normalized spacial score (nSPS) is 25.5. The molecule has 1 saturated carbocycles. The molecule has 6 nitrogen and oxygen atoms in total. The van der Waals surface area contributed by atoms with Crippen LogP contribution in [-0.4, -0.2) is 63.1 Å². The van der Waals surface area contributed by atoms with E-state index in [4.69, 9.17) is 9.90 Å². The van der Waals surface area contributed by atoms with E-state index in [2.05, 4.69) is 14.8 Å². The number of rotatable bonds is 4. The number of halogens is 3. The molecule has 3 heterocycles. The third kappa shape index (κ3) is 6.66. The zero-order valence-corrected chi connectivity index (χ0v) is 19.1. The van der Waals surface area contributed by atoms with Crippen molar-refractivity contribution in [3.63, 3.8) is 0 Å². The Kier molecular flexibility index (Phi) is 8.55. The summed E-state index contributed by atoms with van der Waals surface area (Å²) < 4.78 is 31.7. The van der Waals surface area contributed by atoms with Crippen LogP contribution < -0.4 is 0 Å². The van der Waals surface area contributed by atoms with Gasteiger partial charge in [0.1, 0.15) is 0 Å². The molecule has 1 amide bonds. The summed E-state index contributed by atoms with van der Waals surface area (Å²) >= 11 is 1.67. The summed E-state index contributed by atoms with van der Waals surface area (Å²) in [5.74, 6) is -1.48. The fourth-order valence-electron chi connectivity index (χ4n) is 5.28. The number of likely N-dealkylation sites (tertiary alicyclic amines) is 2. The van der Waals surface area contributed by atoms with Crippen LogP contribution in [-0.2, 0) is 16.1 Å². The number of amides is 1. The molecule has 10 heteroatoms. The van der Waals surface area contributed by atoms with Crippen molar-refractivity contribution in [2.75, 3.05) is 19.6 Å². The first kappa shape index (κ1) is 25.0. The van der Waals surface area contributed by atoms with E-state index in [1.165, 1.54) is 69.5 Å². The highest BCUT2D eigenvalue weighted by Gasteiger charge is 2.45. The lowest BCUT2D eigenvalue weighted by atomic mass is 9.87. The Labute approximate surface area is 190 Å². The summed E-state index contributed by atoms with van der Waals surface area (Å²) in [4.78, 5) is 31.8. The molecule has 180 valence electrons. The molecular weight excluding hydrogens is 443 g/mol. The van der Waals surface area contributed by atoms with Gasteiger partial charge >= 0.3 is 12.1 Å². The van der Waals surface area contributed by atoms with E-state index in [0.29, 0.717) is 5.91 Å². The summed E-state index contributed by atoms with van der Waals surface area (Å²) in [5.41, 5.74) is 1.99. The highest BCUT2D eigenvalue weighted by Crippen LogP contribution is 2.40. The van der Waals surface area contributed by atoms with Crippen LogP contribution in [0.25, 0.3) is 0 Å². The highest BCUT2D eigenvalue weighted by molar-refractivity contribution is 7.09. The molecule has 32 heavy (non-hydrogen) atoms. The van der Waals surface area contributed by atoms with Gasteiger partial charge in [-0.2, -0.15) is 13.2 Å². The maximum atomic E-state index is 12.6. The molecule has 1 spiro atoms. The van der Waals surface area contributed by atoms with E-state index in [9.17, 15) is 18.0 Å². The van der Waals surface area contributed by atoms with Crippen molar-refractivity contribution in [1.29, 1.82) is 0 Å². The summed E-state index contributed by atoms with van der Waals surface area (Å²) in [5, 5.41) is 7.12. The Hall–Kier alpha value is -1.68. The predicted octanol–water partition coefficient (Wildman–Crippen LogP) is 4.70. The first-order chi connectivity index (χ1) is 15.2. The molecule has 1 aromatic heterocycles. The van der Waals surface area contributed by atoms with Gasteiger partial charge in [0, 0.05) is 36.1 Å². The first-order valence-electron chi connectivity index (χ1n) is 11.4. The van der Waals surface area contributed by atoms with Crippen LogP contribution in [0.2, 0.25) is 0 Å². The van der Waals surface area contributed by atoms with Crippen LogP contribution in [0.3, 0.4) is 0 Å². The molecule has 1 atom stereocenters. The zero-order valence-electron chi connectivity index (χ0n) is 18.3. The minimum absolute atomic E-state index is 0.113. The van der Waals surface area contributed by atoms with Gasteiger partial charge in [-0.3, -0.25) is 9.78 Å². The Bertz CT molecular complexity index is 753. The number of carboxylic acid groups (broad SMARTS) is 1. The van der Waals surface area contributed by atoms with Gasteiger partial charge in [0.25, 0.3) is 0 Å².